The fourth-order valence-corrected chi connectivity index (χ4v) is 5.06. The van der Waals surface area contributed by atoms with E-state index in [2.05, 4.69) is 15.3 Å². The molecule has 5 aromatic rings. The van der Waals surface area contributed by atoms with Crippen LogP contribution in [0.5, 0.6) is 23.0 Å². The van der Waals surface area contributed by atoms with Gasteiger partial charge in [0.2, 0.25) is 0 Å². The SMILES string of the molecule is COc1cc2c(Oc3ccc(NC(=O)c4cc5c(n(-c6ccccc6)c4=O)CCCC5O)nc3)ccnc2cc1O. The number of aliphatic hydroxyl groups is 1. The van der Waals surface area contributed by atoms with Gasteiger partial charge in [-0.2, -0.15) is 0 Å². The number of hydrogen-bond donors (Lipinski definition) is 3. The van der Waals surface area contributed by atoms with Crippen LogP contribution in [0.2, 0.25) is 0 Å². The van der Waals surface area contributed by atoms with Crippen LogP contribution in [0.1, 0.15) is 40.6 Å². The number of fused-ring (bicyclic) bond motifs is 2. The number of pyridine rings is 3. The molecule has 0 saturated heterocycles. The maximum atomic E-state index is 13.6. The molecule has 0 spiro atoms. The van der Waals surface area contributed by atoms with E-state index in [1.165, 1.54) is 30.0 Å². The van der Waals surface area contributed by atoms with Gasteiger partial charge in [0.05, 0.1) is 24.9 Å². The Morgan fingerprint density at radius 1 is 1.05 bits per heavy atom. The minimum atomic E-state index is -0.761. The Bertz CT molecular complexity index is 1820. The van der Waals surface area contributed by atoms with E-state index < -0.39 is 17.6 Å². The highest BCUT2D eigenvalue weighted by molar-refractivity contribution is 6.03. The van der Waals surface area contributed by atoms with Crippen molar-refractivity contribution in [2.75, 3.05) is 12.4 Å². The highest BCUT2D eigenvalue weighted by atomic mass is 16.5. The van der Waals surface area contributed by atoms with Crippen molar-refractivity contribution in [2.24, 2.45) is 0 Å². The van der Waals surface area contributed by atoms with Gasteiger partial charge in [0.1, 0.15) is 22.9 Å². The molecule has 0 bridgehead atoms. The van der Waals surface area contributed by atoms with E-state index in [4.69, 9.17) is 9.47 Å². The summed E-state index contributed by atoms with van der Waals surface area (Å²) >= 11 is 0. The van der Waals surface area contributed by atoms with Gasteiger partial charge in [0, 0.05) is 34.6 Å². The normalized spacial score (nSPS) is 14.3. The molecule has 0 aliphatic heterocycles. The van der Waals surface area contributed by atoms with Crippen LogP contribution in [-0.2, 0) is 6.42 Å². The molecule has 1 aliphatic carbocycles. The van der Waals surface area contributed by atoms with Crippen LogP contribution in [0.3, 0.4) is 0 Å². The van der Waals surface area contributed by atoms with Crippen molar-refractivity contribution in [3.05, 3.63) is 106 Å². The Morgan fingerprint density at radius 2 is 1.88 bits per heavy atom. The third-order valence-corrected chi connectivity index (χ3v) is 7.05. The van der Waals surface area contributed by atoms with E-state index in [9.17, 15) is 19.8 Å². The zero-order valence-corrected chi connectivity index (χ0v) is 22.1. The summed E-state index contributed by atoms with van der Waals surface area (Å²) in [6.45, 7) is 0. The van der Waals surface area contributed by atoms with Gasteiger partial charge in [-0.15, -0.1) is 0 Å². The number of amides is 1. The lowest BCUT2D eigenvalue weighted by atomic mass is 9.91. The van der Waals surface area contributed by atoms with Gasteiger partial charge in [-0.1, -0.05) is 18.2 Å². The molecule has 206 valence electrons. The molecule has 1 unspecified atom stereocenters. The standard InChI is InChI=1S/C31H26N4O6/c1-40-28-15-20-23(16-26(28)37)32-13-12-27(20)41-19-10-11-29(33-17-19)34-30(38)22-14-21-24(8-5-9-25(21)36)35(31(22)39)18-6-3-2-4-7-18/h2-4,6-7,10-17,25,36-37H,5,8-9H2,1H3,(H,33,34,38). The van der Waals surface area contributed by atoms with E-state index in [-0.39, 0.29) is 22.9 Å². The monoisotopic (exact) mass is 550 g/mol. The van der Waals surface area contributed by atoms with Gasteiger partial charge in [0.25, 0.3) is 11.5 Å². The van der Waals surface area contributed by atoms with Gasteiger partial charge < -0.3 is 25.0 Å². The first-order chi connectivity index (χ1) is 19.9. The topological polar surface area (TPSA) is 136 Å². The summed E-state index contributed by atoms with van der Waals surface area (Å²) in [6.07, 6.45) is 4.17. The van der Waals surface area contributed by atoms with Crippen molar-refractivity contribution in [3.8, 4) is 28.7 Å². The predicted molar refractivity (Wildman–Crippen MR) is 152 cm³/mol. The van der Waals surface area contributed by atoms with E-state index in [1.807, 2.05) is 18.2 Å². The molecule has 10 nitrogen and oxygen atoms in total. The van der Waals surface area contributed by atoms with Gasteiger partial charge in [0.15, 0.2) is 11.5 Å². The molecule has 1 amide bonds. The number of aromatic nitrogens is 3. The Kier molecular flexibility index (Phi) is 6.82. The number of benzene rings is 2. The number of phenols is 1. The van der Waals surface area contributed by atoms with Gasteiger partial charge >= 0.3 is 0 Å². The van der Waals surface area contributed by atoms with Crippen molar-refractivity contribution in [1.82, 2.24) is 14.5 Å². The quantitative estimate of drug-likeness (QED) is 0.271. The number of aliphatic hydroxyl groups excluding tert-OH is 1. The number of carbonyl (C=O) groups excluding carboxylic acids is 1. The zero-order valence-electron chi connectivity index (χ0n) is 22.1. The molecular formula is C31H26N4O6. The molecule has 3 N–H and O–H groups in total. The number of phenolic OH excluding ortho intramolecular Hbond substituents is 1. The van der Waals surface area contributed by atoms with Crippen molar-refractivity contribution >= 4 is 22.6 Å². The Hall–Kier alpha value is -5.22. The Morgan fingerprint density at radius 3 is 2.63 bits per heavy atom. The molecule has 1 aliphatic rings. The lowest BCUT2D eigenvalue weighted by Crippen LogP contribution is -2.33. The first-order valence-electron chi connectivity index (χ1n) is 13.1. The van der Waals surface area contributed by atoms with Crippen molar-refractivity contribution < 1.29 is 24.5 Å². The number of anilines is 1. The first-order valence-corrected chi connectivity index (χ1v) is 13.1. The third kappa shape index (κ3) is 4.96. The molecule has 3 heterocycles. The highest BCUT2D eigenvalue weighted by Gasteiger charge is 2.26. The van der Waals surface area contributed by atoms with Crippen LogP contribution >= 0.6 is 0 Å². The molecule has 10 heteroatoms. The average molecular weight is 551 g/mol. The number of carbonyl (C=O) groups is 1. The second-order valence-corrected chi connectivity index (χ2v) is 9.63. The van der Waals surface area contributed by atoms with Crippen LogP contribution in [0.15, 0.2) is 83.9 Å². The molecule has 0 saturated carbocycles. The second kappa shape index (κ2) is 10.7. The zero-order chi connectivity index (χ0) is 28.5. The number of para-hydroxylation sites is 1. The van der Waals surface area contributed by atoms with Gasteiger partial charge in [-0.25, -0.2) is 4.98 Å². The molecule has 3 aromatic heterocycles. The maximum Gasteiger partial charge on any atom is 0.268 e. The van der Waals surface area contributed by atoms with Crippen molar-refractivity contribution in [2.45, 2.75) is 25.4 Å². The molecule has 0 radical (unpaired) electrons. The smallest absolute Gasteiger partial charge is 0.268 e. The molecule has 2 aromatic carbocycles. The number of nitrogens with zero attached hydrogens (tertiary/aromatic N) is 3. The van der Waals surface area contributed by atoms with Gasteiger partial charge in [-0.3, -0.25) is 19.1 Å². The number of hydrogen-bond acceptors (Lipinski definition) is 8. The minimum Gasteiger partial charge on any atom is -0.504 e. The Labute approximate surface area is 234 Å². The molecule has 41 heavy (non-hydrogen) atoms. The number of ether oxygens (including phenoxy) is 2. The van der Waals surface area contributed by atoms with Crippen LogP contribution in [0.25, 0.3) is 16.6 Å². The van der Waals surface area contributed by atoms with Gasteiger partial charge in [-0.05, 0) is 61.7 Å². The van der Waals surface area contributed by atoms with Crippen LogP contribution in [0, 0.1) is 0 Å². The van der Waals surface area contributed by atoms with E-state index in [0.29, 0.717) is 52.2 Å². The number of rotatable bonds is 6. The number of aromatic hydroxyl groups is 1. The van der Waals surface area contributed by atoms with Crippen molar-refractivity contribution in [3.63, 3.8) is 0 Å². The van der Waals surface area contributed by atoms with E-state index in [1.54, 1.807) is 42.6 Å². The second-order valence-electron chi connectivity index (χ2n) is 9.63. The molecule has 6 rings (SSSR count). The Balaban J connectivity index is 1.27. The minimum absolute atomic E-state index is 0.0321. The van der Waals surface area contributed by atoms with Crippen molar-refractivity contribution in [1.29, 1.82) is 0 Å². The predicted octanol–water partition coefficient (Wildman–Crippen LogP) is 4.91. The lowest BCUT2D eigenvalue weighted by molar-refractivity contribution is 0.102. The molecule has 1 atom stereocenters. The highest BCUT2D eigenvalue weighted by Crippen LogP contribution is 2.36. The third-order valence-electron chi connectivity index (χ3n) is 7.05. The fraction of sp³-hybridized carbons (Fsp3) is 0.161. The summed E-state index contributed by atoms with van der Waals surface area (Å²) in [5, 5.41) is 24.1. The molecule has 0 fully saturated rings. The number of methoxy groups -OCH3 is 1. The number of nitrogens with one attached hydrogen (secondary N) is 1. The summed E-state index contributed by atoms with van der Waals surface area (Å²) in [4.78, 5) is 35.4. The largest absolute Gasteiger partial charge is 0.504 e. The van der Waals surface area contributed by atoms with E-state index in [0.717, 1.165) is 6.42 Å². The van der Waals surface area contributed by atoms with Crippen LogP contribution in [-0.4, -0.2) is 37.8 Å². The summed E-state index contributed by atoms with van der Waals surface area (Å²) < 4.78 is 12.7. The summed E-state index contributed by atoms with van der Waals surface area (Å²) in [7, 11) is 1.46. The average Bonchev–Trinajstić information content (AvgIpc) is 2.98. The summed E-state index contributed by atoms with van der Waals surface area (Å²) in [5.74, 6) is 0.709. The fourth-order valence-electron chi connectivity index (χ4n) is 5.06. The van der Waals surface area contributed by atoms with E-state index >= 15 is 0 Å². The summed E-state index contributed by atoms with van der Waals surface area (Å²) in [6, 6.07) is 18.6. The summed E-state index contributed by atoms with van der Waals surface area (Å²) in [5.41, 5.74) is 1.90. The maximum absolute atomic E-state index is 13.6. The first kappa shape index (κ1) is 26.0. The van der Waals surface area contributed by atoms with Crippen LogP contribution < -0.4 is 20.3 Å². The molecular weight excluding hydrogens is 524 g/mol. The lowest BCUT2D eigenvalue weighted by Gasteiger charge is -2.25. The van der Waals surface area contributed by atoms with Crippen LogP contribution in [0.4, 0.5) is 5.82 Å².